The van der Waals surface area contributed by atoms with Gasteiger partial charge in [0.2, 0.25) is 0 Å². The number of fused-ring (bicyclic) bond motifs is 1. The summed E-state index contributed by atoms with van der Waals surface area (Å²) in [5.74, 6) is 1.58. The molecule has 2 aliphatic heterocycles. The topological polar surface area (TPSA) is 111 Å². The predicted octanol–water partition coefficient (Wildman–Crippen LogP) is 4.78. The second kappa shape index (κ2) is 13.3. The van der Waals surface area contributed by atoms with Gasteiger partial charge in [-0.1, -0.05) is 0 Å². The second-order valence-electron chi connectivity index (χ2n) is 9.98. The Kier molecular flexibility index (Phi) is 9.63. The van der Waals surface area contributed by atoms with E-state index in [1.165, 1.54) is 28.7 Å². The van der Waals surface area contributed by atoms with Crippen molar-refractivity contribution in [2.24, 2.45) is 5.92 Å². The van der Waals surface area contributed by atoms with E-state index in [1.54, 1.807) is 16.8 Å². The van der Waals surface area contributed by atoms with E-state index in [2.05, 4.69) is 25.7 Å². The first-order valence-corrected chi connectivity index (χ1v) is 18.1. The van der Waals surface area contributed by atoms with Gasteiger partial charge in [-0.2, -0.15) is 0 Å². The summed E-state index contributed by atoms with van der Waals surface area (Å²) < 4.78 is 17.7. The third-order valence-corrected chi connectivity index (χ3v) is 14.2. The van der Waals surface area contributed by atoms with E-state index in [1.807, 2.05) is 18.2 Å². The van der Waals surface area contributed by atoms with Crippen molar-refractivity contribution < 1.29 is 14.3 Å². The van der Waals surface area contributed by atoms with Crippen molar-refractivity contribution in [3.63, 3.8) is 0 Å². The molecule has 0 radical (unpaired) electrons. The van der Waals surface area contributed by atoms with Crippen LogP contribution in [0.3, 0.4) is 0 Å². The number of hydrogen-bond donors (Lipinski definition) is 2. The van der Waals surface area contributed by atoms with Gasteiger partial charge >= 0.3 is 200 Å². The summed E-state index contributed by atoms with van der Waals surface area (Å²) in [5, 5.41) is 7.14. The Morgan fingerprint density at radius 2 is 2.12 bits per heavy atom. The van der Waals surface area contributed by atoms with Gasteiger partial charge in [0.25, 0.3) is 5.91 Å². The van der Waals surface area contributed by atoms with E-state index in [-0.39, 0.29) is 23.8 Å². The van der Waals surface area contributed by atoms with E-state index < -0.39 is 20.1 Å². The second-order valence-corrected chi connectivity index (χ2v) is 16.2. The first kappa shape index (κ1) is 28.9. The molecule has 12 heteroatoms. The predicted molar refractivity (Wildman–Crippen MR) is 168 cm³/mol. The van der Waals surface area contributed by atoms with Gasteiger partial charge in [-0.15, -0.1) is 0 Å². The third-order valence-electron chi connectivity index (χ3n) is 7.03. The molecule has 5 rings (SSSR count). The number of carbonyl (C=O) groups is 1. The van der Waals surface area contributed by atoms with E-state index in [0.29, 0.717) is 36.5 Å². The van der Waals surface area contributed by atoms with Gasteiger partial charge in [0, 0.05) is 13.0 Å². The number of carbonyl (C=O) groups excluding carboxylic acids is 1. The summed E-state index contributed by atoms with van der Waals surface area (Å²) in [5.41, 5.74) is 1.31. The molecule has 2 saturated heterocycles. The number of ether oxygens (including phenoxy) is 2. The molecule has 0 unspecified atom stereocenters. The van der Waals surface area contributed by atoms with Gasteiger partial charge in [0.15, 0.2) is 0 Å². The molecule has 2 fully saturated rings. The fourth-order valence-electron chi connectivity index (χ4n) is 4.78. The zero-order chi connectivity index (χ0) is 28.1. The Bertz CT molecular complexity index is 1410. The molecule has 3 aromatic rings. The Morgan fingerprint density at radius 3 is 2.88 bits per heavy atom. The number of nitrogens with zero attached hydrogens (tertiary/aromatic N) is 4. The molecule has 40 heavy (non-hydrogen) atoms. The number of amides is 1. The number of likely N-dealkylation sites (N-methyl/N-ethyl adjacent to an activating group) is 1. The van der Waals surface area contributed by atoms with Crippen molar-refractivity contribution in [2.75, 3.05) is 50.7 Å². The zero-order valence-corrected chi connectivity index (χ0v) is 25.8. The van der Waals surface area contributed by atoms with Crippen LogP contribution < -0.4 is 24.0 Å². The summed E-state index contributed by atoms with van der Waals surface area (Å²) in [6.45, 7) is 4.99. The van der Waals surface area contributed by atoms with Crippen molar-refractivity contribution in [2.45, 2.75) is 39.2 Å². The number of aryl methyl sites for hydroxylation is 1. The molecule has 0 atom stereocenters. The number of benzene rings is 1. The Balaban J connectivity index is 1.44. The van der Waals surface area contributed by atoms with Crippen LogP contribution in [0.2, 0.25) is 5.02 Å². The number of halogens is 2. The Morgan fingerprint density at radius 1 is 1.27 bits per heavy atom. The van der Waals surface area contributed by atoms with Gasteiger partial charge in [-0.3, -0.25) is 4.79 Å². The summed E-state index contributed by atoms with van der Waals surface area (Å²) >= 11 is 5.23. The molecule has 0 bridgehead atoms. The molecule has 2 aliphatic rings. The van der Waals surface area contributed by atoms with Crippen LogP contribution in [-0.2, 0) is 16.1 Å². The van der Waals surface area contributed by atoms with Crippen LogP contribution in [0, 0.1) is 5.92 Å². The van der Waals surface area contributed by atoms with Crippen LogP contribution in [0.25, 0.3) is 10.9 Å². The average Bonchev–Trinajstić information content (AvgIpc) is 2.94. The fraction of sp³-hybridized carbons (Fsp3) is 0.500. The zero-order valence-electron chi connectivity index (χ0n) is 22.9. The number of nitrogens with one attached hydrogen (secondary N) is 2. The molecule has 10 nitrogen and oxygen atoms in total. The van der Waals surface area contributed by atoms with Gasteiger partial charge in [-0.25, -0.2) is 0 Å². The Hall–Kier alpha value is -2.64. The molecule has 216 valence electrons. The van der Waals surface area contributed by atoms with E-state index >= 15 is 0 Å². The Labute approximate surface area is 246 Å². The van der Waals surface area contributed by atoms with Crippen molar-refractivity contribution in [1.82, 2.24) is 19.9 Å². The van der Waals surface area contributed by atoms with E-state index in [0.717, 1.165) is 41.9 Å². The van der Waals surface area contributed by atoms with Crippen molar-refractivity contribution >= 4 is 66.0 Å². The number of anilines is 3. The quantitative estimate of drug-likeness (QED) is 0.169. The monoisotopic (exact) mass is 682 g/mol. The molecule has 0 aliphatic carbocycles. The number of alkyl halides is 2. The van der Waals surface area contributed by atoms with Crippen LogP contribution in [0.15, 0.2) is 35.3 Å². The fourth-order valence-corrected chi connectivity index (χ4v) is 11.2. The van der Waals surface area contributed by atoms with Crippen LogP contribution in [0.4, 0.5) is 17.5 Å². The molecule has 2 N–H and O–H groups in total. The third kappa shape index (κ3) is 6.63. The maximum atomic E-state index is 13.3. The van der Waals surface area contributed by atoms with Gasteiger partial charge < -0.3 is 10.1 Å². The van der Waals surface area contributed by atoms with E-state index in [4.69, 9.17) is 26.1 Å². The van der Waals surface area contributed by atoms with E-state index in [9.17, 15) is 9.59 Å². The minimum atomic E-state index is -1.31. The van der Waals surface area contributed by atoms with Crippen molar-refractivity contribution in [1.29, 1.82) is 0 Å². The molecule has 1 amide bonds. The average molecular weight is 683 g/mol. The summed E-state index contributed by atoms with van der Waals surface area (Å²) in [4.78, 5) is 34.6. The molecule has 0 spiro atoms. The molecule has 0 saturated carbocycles. The minimum absolute atomic E-state index is 0.137. The van der Waals surface area contributed by atoms with Crippen LogP contribution >= 0.6 is 31.7 Å². The normalized spacial score (nSPS) is 16.6. The molecule has 2 aromatic heterocycles. The van der Waals surface area contributed by atoms with Crippen molar-refractivity contribution in [3.8, 4) is 5.75 Å². The molecular formula is C28H36ClIN6O4. The van der Waals surface area contributed by atoms with Gasteiger partial charge in [0.05, 0.1) is 13.2 Å². The van der Waals surface area contributed by atoms with Crippen LogP contribution in [-0.4, -0.2) is 62.7 Å². The number of pyridine rings is 1. The molecule has 1 aromatic carbocycles. The number of aromatic nitrogens is 3. The number of rotatable bonds is 11. The van der Waals surface area contributed by atoms with Gasteiger partial charge in [-0.05, 0) is 0 Å². The molecular weight excluding hydrogens is 647 g/mol. The SMILES string of the molecule is CCCI1CCCCN1c1ncc(Cl)c(Nc2ccc3c(c2)cc(OCC(=O)NC)c(=O)n3CCC2COC2)n1. The maximum absolute atomic E-state index is 13.3. The van der Waals surface area contributed by atoms with Crippen molar-refractivity contribution in [3.05, 3.63) is 45.8 Å². The first-order valence-electron chi connectivity index (χ1n) is 13.7. The van der Waals surface area contributed by atoms with Gasteiger partial charge in [0.1, 0.15) is 0 Å². The molecule has 4 heterocycles. The standard InChI is InChI=1S/C28H36ClIN6O4/c1-3-9-30-10-4-5-11-36(30)28-32-15-22(29)26(34-28)33-21-6-7-23-20(13-21)14-24(40-18-25(37)31-2)27(38)35(23)12-8-19-16-39-17-19/h6-7,13-15,19H,3-5,8-12,16-18H2,1-2H3,(H,31,37)(H,32,33,34). The van der Waals surface area contributed by atoms with Crippen LogP contribution in [0.5, 0.6) is 5.75 Å². The number of hydrogen-bond acceptors (Lipinski definition) is 8. The summed E-state index contributed by atoms with van der Waals surface area (Å²) in [6, 6.07) is 7.48. The summed E-state index contributed by atoms with van der Waals surface area (Å²) in [6.07, 6.45) is 6.15. The van der Waals surface area contributed by atoms with Crippen LogP contribution in [0.1, 0.15) is 32.6 Å². The first-order chi connectivity index (χ1) is 19.5. The summed E-state index contributed by atoms with van der Waals surface area (Å²) in [7, 11) is 1.53.